The number of amides is 1. The first-order valence-electron chi connectivity index (χ1n) is 6.89. The summed E-state index contributed by atoms with van der Waals surface area (Å²) in [5.41, 5.74) is 3.27. The number of rotatable bonds is 6. The summed E-state index contributed by atoms with van der Waals surface area (Å²) in [7, 11) is 0. The highest BCUT2D eigenvalue weighted by molar-refractivity contribution is 5.94. The van der Waals surface area contributed by atoms with E-state index < -0.39 is 17.1 Å². The van der Waals surface area contributed by atoms with E-state index in [2.05, 4.69) is 5.48 Å². The molecule has 0 radical (unpaired) electrons. The van der Waals surface area contributed by atoms with Crippen LogP contribution in [0, 0.1) is 17.0 Å². The third kappa shape index (κ3) is 4.79. The first kappa shape index (κ1) is 16.4. The predicted molar refractivity (Wildman–Crippen MR) is 82.9 cm³/mol. The zero-order chi connectivity index (χ0) is 16.8. The summed E-state index contributed by atoms with van der Waals surface area (Å²) in [4.78, 5) is 27.1. The van der Waals surface area contributed by atoms with Crippen molar-refractivity contribution in [2.75, 3.05) is 0 Å². The van der Waals surface area contributed by atoms with Crippen LogP contribution < -0.4 is 10.2 Å². The van der Waals surface area contributed by atoms with E-state index in [0.717, 1.165) is 5.56 Å². The van der Waals surface area contributed by atoms with Crippen molar-refractivity contribution in [2.45, 2.75) is 20.1 Å². The SMILES string of the molecule is Cc1ccc(OC(C)ONC(=O)c2cccc([N+](=O)[O-])c2)cc1. The fourth-order valence-electron chi connectivity index (χ4n) is 1.79. The number of carbonyl (C=O) groups excluding carboxylic acids is 1. The number of nitrogens with one attached hydrogen (secondary N) is 1. The number of non-ortho nitro benzene ring substituents is 1. The summed E-state index contributed by atoms with van der Waals surface area (Å²) in [6.07, 6.45) is -0.722. The van der Waals surface area contributed by atoms with Crippen molar-refractivity contribution in [2.24, 2.45) is 0 Å². The molecule has 23 heavy (non-hydrogen) atoms. The molecule has 0 saturated carbocycles. The molecular formula is C16H16N2O5. The largest absolute Gasteiger partial charge is 0.463 e. The quantitative estimate of drug-likeness (QED) is 0.502. The van der Waals surface area contributed by atoms with Crippen LogP contribution in [0.2, 0.25) is 0 Å². The number of hydrogen-bond donors (Lipinski definition) is 1. The Morgan fingerprint density at radius 3 is 2.57 bits per heavy atom. The monoisotopic (exact) mass is 316 g/mol. The Balaban J connectivity index is 1.89. The van der Waals surface area contributed by atoms with Gasteiger partial charge < -0.3 is 4.74 Å². The van der Waals surface area contributed by atoms with Crippen LogP contribution in [-0.2, 0) is 4.84 Å². The maximum atomic E-state index is 11.9. The highest BCUT2D eigenvalue weighted by Crippen LogP contribution is 2.14. The Bertz CT molecular complexity index is 700. The second kappa shape index (κ2) is 7.37. The van der Waals surface area contributed by atoms with E-state index in [4.69, 9.17) is 9.57 Å². The number of hydrogen-bond acceptors (Lipinski definition) is 5. The van der Waals surface area contributed by atoms with Crippen molar-refractivity contribution in [1.82, 2.24) is 5.48 Å². The molecule has 0 aromatic heterocycles. The lowest BCUT2D eigenvalue weighted by molar-refractivity contribution is -0.384. The Labute approximate surface area is 132 Å². The Hall–Kier alpha value is -2.93. The van der Waals surface area contributed by atoms with Gasteiger partial charge in [-0.05, 0) is 25.1 Å². The highest BCUT2D eigenvalue weighted by atomic mass is 16.8. The summed E-state index contributed by atoms with van der Waals surface area (Å²) < 4.78 is 5.47. The van der Waals surface area contributed by atoms with Gasteiger partial charge in [0.05, 0.1) is 4.92 Å². The smallest absolute Gasteiger partial charge is 0.275 e. The van der Waals surface area contributed by atoms with Gasteiger partial charge in [-0.15, -0.1) is 0 Å². The van der Waals surface area contributed by atoms with E-state index >= 15 is 0 Å². The summed E-state index contributed by atoms with van der Waals surface area (Å²) >= 11 is 0. The Morgan fingerprint density at radius 2 is 1.91 bits per heavy atom. The minimum absolute atomic E-state index is 0.127. The van der Waals surface area contributed by atoms with Crippen LogP contribution in [-0.4, -0.2) is 17.1 Å². The molecule has 0 aliphatic heterocycles. The van der Waals surface area contributed by atoms with Crippen molar-refractivity contribution in [1.29, 1.82) is 0 Å². The normalized spacial score (nSPS) is 11.6. The van der Waals surface area contributed by atoms with Gasteiger partial charge in [0.1, 0.15) is 5.75 Å². The van der Waals surface area contributed by atoms with Crippen molar-refractivity contribution in [3.8, 4) is 5.75 Å². The van der Waals surface area contributed by atoms with Gasteiger partial charge in [0, 0.05) is 24.6 Å². The van der Waals surface area contributed by atoms with Crippen LogP contribution >= 0.6 is 0 Å². The molecule has 2 aromatic rings. The summed E-state index contributed by atoms with van der Waals surface area (Å²) in [5, 5.41) is 10.7. The summed E-state index contributed by atoms with van der Waals surface area (Å²) in [6, 6.07) is 12.7. The van der Waals surface area contributed by atoms with Crippen LogP contribution in [0.5, 0.6) is 5.75 Å². The van der Waals surface area contributed by atoms with Crippen LogP contribution in [0.25, 0.3) is 0 Å². The number of nitrogens with zero attached hydrogens (tertiary/aromatic N) is 1. The first-order chi connectivity index (χ1) is 11.0. The molecule has 0 saturated heterocycles. The summed E-state index contributed by atoms with van der Waals surface area (Å²) in [5.74, 6) is 0.0146. The minimum atomic E-state index is -0.722. The predicted octanol–water partition coefficient (Wildman–Crippen LogP) is 2.99. The van der Waals surface area contributed by atoms with Crippen LogP contribution in [0.3, 0.4) is 0 Å². The molecule has 2 aromatic carbocycles. The number of nitro benzene ring substituents is 1. The molecule has 0 aliphatic carbocycles. The maximum Gasteiger partial charge on any atom is 0.275 e. The van der Waals surface area contributed by atoms with Crippen LogP contribution in [0.4, 0.5) is 5.69 Å². The van der Waals surface area contributed by atoms with Crippen molar-refractivity contribution < 1.29 is 19.3 Å². The molecule has 0 spiro atoms. The molecule has 120 valence electrons. The Kier molecular flexibility index (Phi) is 5.27. The van der Waals surface area contributed by atoms with Gasteiger partial charge in [-0.3, -0.25) is 14.9 Å². The van der Waals surface area contributed by atoms with Gasteiger partial charge in [-0.1, -0.05) is 23.8 Å². The zero-order valence-corrected chi connectivity index (χ0v) is 12.7. The average molecular weight is 316 g/mol. The van der Waals surface area contributed by atoms with E-state index in [-0.39, 0.29) is 11.3 Å². The zero-order valence-electron chi connectivity index (χ0n) is 12.7. The number of ether oxygens (including phenoxy) is 1. The highest BCUT2D eigenvalue weighted by Gasteiger charge is 2.13. The van der Waals surface area contributed by atoms with E-state index in [1.807, 2.05) is 19.1 Å². The van der Waals surface area contributed by atoms with Gasteiger partial charge in [-0.25, -0.2) is 10.3 Å². The van der Waals surface area contributed by atoms with Crippen LogP contribution in [0.1, 0.15) is 22.8 Å². The number of aryl methyl sites for hydroxylation is 1. The van der Waals surface area contributed by atoms with Crippen molar-refractivity contribution >= 4 is 11.6 Å². The average Bonchev–Trinajstić information content (AvgIpc) is 2.55. The minimum Gasteiger partial charge on any atom is -0.463 e. The van der Waals surface area contributed by atoms with E-state index in [0.29, 0.717) is 5.75 Å². The molecular weight excluding hydrogens is 300 g/mol. The molecule has 0 fully saturated rings. The molecule has 0 heterocycles. The first-order valence-corrected chi connectivity index (χ1v) is 6.89. The molecule has 1 amide bonds. The number of hydroxylamine groups is 1. The molecule has 0 bridgehead atoms. The fraction of sp³-hybridized carbons (Fsp3) is 0.188. The topological polar surface area (TPSA) is 90.7 Å². The van der Waals surface area contributed by atoms with Gasteiger partial charge in [0.15, 0.2) is 0 Å². The van der Waals surface area contributed by atoms with Crippen molar-refractivity contribution in [3.63, 3.8) is 0 Å². The molecule has 7 heteroatoms. The number of nitro groups is 1. The van der Waals surface area contributed by atoms with E-state index in [9.17, 15) is 14.9 Å². The lowest BCUT2D eigenvalue weighted by Crippen LogP contribution is -2.31. The Morgan fingerprint density at radius 1 is 1.22 bits per heavy atom. The van der Waals surface area contributed by atoms with E-state index in [1.54, 1.807) is 19.1 Å². The molecule has 7 nitrogen and oxygen atoms in total. The van der Waals surface area contributed by atoms with E-state index in [1.165, 1.54) is 24.3 Å². The molecule has 1 unspecified atom stereocenters. The standard InChI is InChI=1S/C16H16N2O5/c1-11-6-8-15(9-7-11)22-12(2)23-17-16(19)13-4-3-5-14(10-13)18(20)21/h3-10,12H,1-2H3,(H,17,19). The lowest BCUT2D eigenvalue weighted by Gasteiger charge is -2.15. The maximum absolute atomic E-state index is 11.9. The second-order valence-corrected chi connectivity index (χ2v) is 4.86. The third-order valence-electron chi connectivity index (χ3n) is 2.96. The van der Waals surface area contributed by atoms with Gasteiger partial charge >= 0.3 is 0 Å². The van der Waals surface area contributed by atoms with Gasteiger partial charge in [0.25, 0.3) is 11.6 Å². The third-order valence-corrected chi connectivity index (χ3v) is 2.96. The molecule has 1 atom stereocenters. The molecule has 2 rings (SSSR count). The molecule has 0 aliphatic rings. The van der Waals surface area contributed by atoms with Gasteiger partial charge in [-0.2, -0.15) is 0 Å². The van der Waals surface area contributed by atoms with Crippen molar-refractivity contribution in [3.05, 3.63) is 69.8 Å². The van der Waals surface area contributed by atoms with Crippen LogP contribution in [0.15, 0.2) is 48.5 Å². The lowest BCUT2D eigenvalue weighted by atomic mass is 10.2. The summed E-state index contributed by atoms with van der Waals surface area (Å²) in [6.45, 7) is 3.58. The second-order valence-electron chi connectivity index (χ2n) is 4.86. The number of benzene rings is 2. The number of carbonyl (C=O) groups is 1. The fourth-order valence-corrected chi connectivity index (χ4v) is 1.79. The van der Waals surface area contributed by atoms with Gasteiger partial charge in [0.2, 0.25) is 6.29 Å². The molecule has 1 N–H and O–H groups in total.